The first-order chi connectivity index (χ1) is 11.4. The summed E-state index contributed by atoms with van der Waals surface area (Å²) < 4.78 is 13.4. The standard InChI is InChI=1S/C18H20FN3O2/c1-22(2)16(14-4-3-5-15(19)10-14)11-21-18(24)13-8-6-12(7-9-13)17(20)23/h3-10,16H,11H2,1-2H3,(H2,20,23)(H,21,24)/t16-/m0/s1. The molecule has 126 valence electrons. The Bertz CT molecular complexity index is 729. The largest absolute Gasteiger partial charge is 0.366 e. The first-order valence-electron chi connectivity index (χ1n) is 7.48. The highest BCUT2D eigenvalue weighted by Gasteiger charge is 2.16. The molecule has 2 rings (SSSR count). The predicted octanol–water partition coefficient (Wildman–Crippen LogP) is 1.96. The van der Waals surface area contributed by atoms with Crippen LogP contribution in [0.4, 0.5) is 4.39 Å². The van der Waals surface area contributed by atoms with Gasteiger partial charge in [-0.05, 0) is 56.1 Å². The van der Waals surface area contributed by atoms with Crippen LogP contribution < -0.4 is 11.1 Å². The summed E-state index contributed by atoms with van der Waals surface area (Å²) in [4.78, 5) is 25.2. The molecule has 2 aromatic rings. The second-order valence-electron chi connectivity index (χ2n) is 5.69. The average Bonchev–Trinajstić information content (AvgIpc) is 2.54. The fraction of sp³-hybridized carbons (Fsp3) is 0.222. The van der Waals surface area contributed by atoms with Gasteiger partial charge in [-0.1, -0.05) is 12.1 Å². The zero-order chi connectivity index (χ0) is 17.7. The predicted molar refractivity (Wildman–Crippen MR) is 90.1 cm³/mol. The van der Waals surface area contributed by atoms with E-state index in [4.69, 9.17) is 5.73 Å². The average molecular weight is 329 g/mol. The van der Waals surface area contributed by atoms with Crippen molar-refractivity contribution in [3.8, 4) is 0 Å². The number of rotatable bonds is 6. The fourth-order valence-corrected chi connectivity index (χ4v) is 2.39. The van der Waals surface area contributed by atoms with Crippen molar-refractivity contribution < 1.29 is 14.0 Å². The van der Waals surface area contributed by atoms with Crippen LogP contribution in [0.1, 0.15) is 32.3 Å². The van der Waals surface area contributed by atoms with Gasteiger partial charge in [-0.25, -0.2) is 4.39 Å². The molecule has 3 N–H and O–H groups in total. The molecule has 0 radical (unpaired) electrons. The molecule has 0 aliphatic carbocycles. The zero-order valence-corrected chi connectivity index (χ0v) is 13.6. The number of halogens is 1. The minimum atomic E-state index is -0.541. The van der Waals surface area contributed by atoms with Gasteiger partial charge in [0, 0.05) is 17.7 Å². The molecular formula is C18H20FN3O2. The number of nitrogens with one attached hydrogen (secondary N) is 1. The number of hydrogen-bond acceptors (Lipinski definition) is 3. The number of carbonyl (C=O) groups is 2. The number of benzene rings is 2. The van der Waals surface area contributed by atoms with Crippen LogP contribution in [0.5, 0.6) is 0 Å². The van der Waals surface area contributed by atoms with Gasteiger partial charge in [-0.3, -0.25) is 9.59 Å². The number of amides is 2. The van der Waals surface area contributed by atoms with E-state index < -0.39 is 5.91 Å². The summed E-state index contributed by atoms with van der Waals surface area (Å²) >= 11 is 0. The van der Waals surface area contributed by atoms with Crippen LogP contribution in [0, 0.1) is 5.82 Å². The number of likely N-dealkylation sites (N-methyl/N-ethyl adjacent to an activating group) is 1. The third-order valence-corrected chi connectivity index (χ3v) is 3.74. The maximum atomic E-state index is 13.4. The minimum absolute atomic E-state index is 0.158. The van der Waals surface area contributed by atoms with Crippen LogP contribution in [0.2, 0.25) is 0 Å². The van der Waals surface area contributed by atoms with E-state index in [2.05, 4.69) is 5.32 Å². The summed E-state index contributed by atoms with van der Waals surface area (Å²) in [5.74, 6) is -1.12. The number of primary amides is 1. The highest BCUT2D eigenvalue weighted by atomic mass is 19.1. The van der Waals surface area contributed by atoms with Crippen molar-refractivity contribution in [1.82, 2.24) is 10.2 Å². The maximum absolute atomic E-state index is 13.4. The van der Waals surface area contributed by atoms with Gasteiger partial charge >= 0.3 is 0 Å². The molecule has 5 nitrogen and oxygen atoms in total. The van der Waals surface area contributed by atoms with E-state index in [0.717, 1.165) is 5.56 Å². The molecule has 0 aliphatic rings. The third kappa shape index (κ3) is 4.39. The zero-order valence-electron chi connectivity index (χ0n) is 13.6. The summed E-state index contributed by atoms with van der Waals surface area (Å²) in [6, 6.07) is 12.3. The molecule has 6 heteroatoms. The lowest BCUT2D eigenvalue weighted by Crippen LogP contribution is -2.34. The van der Waals surface area contributed by atoms with Crippen LogP contribution in [-0.4, -0.2) is 37.4 Å². The van der Waals surface area contributed by atoms with E-state index >= 15 is 0 Å². The molecule has 0 aliphatic heterocycles. The smallest absolute Gasteiger partial charge is 0.251 e. The summed E-state index contributed by atoms with van der Waals surface area (Å²) in [5.41, 5.74) is 6.73. The van der Waals surface area contributed by atoms with Gasteiger partial charge in [0.1, 0.15) is 5.82 Å². The van der Waals surface area contributed by atoms with E-state index in [0.29, 0.717) is 17.7 Å². The number of nitrogens with zero attached hydrogens (tertiary/aromatic N) is 1. The quantitative estimate of drug-likeness (QED) is 0.851. The summed E-state index contributed by atoms with van der Waals surface area (Å²) in [5, 5.41) is 2.83. The Morgan fingerprint density at radius 2 is 1.75 bits per heavy atom. The molecule has 0 saturated heterocycles. The van der Waals surface area contributed by atoms with Crippen LogP contribution in [0.25, 0.3) is 0 Å². The topological polar surface area (TPSA) is 75.4 Å². The van der Waals surface area contributed by atoms with E-state index in [1.165, 1.54) is 24.3 Å². The van der Waals surface area contributed by atoms with Crippen molar-refractivity contribution in [3.05, 3.63) is 71.0 Å². The minimum Gasteiger partial charge on any atom is -0.366 e. The van der Waals surface area contributed by atoms with Crippen LogP contribution in [0.15, 0.2) is 48.5 Å². The van der Waals surface area contributed by atoms with Gasteiger partial charge < -0.3 is 16.0 Å². The van der Waals surface area contributed by atoms with Crippen molar-refractivity contribution in [2.75, 3.05) is 20.6 Å². The van der Waals surface area contributed by atoms with E-state index in [1.54, 1.807) is 18.2 Å². The third-order valence-electron chi connectivity index (χ3n) is 3.74. The Labute approximate surface area is 140 Å². The molecule has 0 aromatic heterocycles. The lowest BCUT2D eigenvalue weighted by atomic mass is 10.1. The lowest BCUT2D eigenvalue weighted by Gasteiger charge is -2.25. The van der Waals surface area contributed by atoms with Crippen LogP contribution >= 0.6 is 0 Å². The molecule has 0 unspecified atom stereocenters. The second kappa shape index (κ2) is 7.70. The van der Waals surface area contributed by atoms with E-state index in [1.807, 2.05) is 25.1 Å². The Hall–Kier alpha value is -2.73. The normalized spacial score (nSPS) is 12.0. The van der Waals surface area contributed by atoms with Crippen molar-refractivity contribution in [2.24, 2.45) is 5.73 Å². The Balaban J connectivity index is 2.06. The van der Waals surface area contributed by atoms with Crippen molar-refractivity contribution in [3.63, 3.8) is 0 Å². The van der Waals surface area contributed by atoms with Crippen molar-refractivity contribution in [1.29, 1.82) is 0 Å². The van der Waals surface area contributed by atoms with Gasteiger partial charge in [0.2, 0.25) is 5.91 Å². The monoisotopic (exact) mass is 329 g/mol. The van der Waals surface area contributed by atoms with Gasteiger partial charge in [-0.2, -0.15) is 0 Å². The number of hydrogen-bond donors (Lipinski definition) is 2. The molecular weight excluding hydrogens is 309 g/mol. The summed E-state index contributed by atoms with van der Waals surface area (Å²) in [7, 11) is 3.73. The first-order valence-corrected chi connectivity index (χ1v) is 7.48. The molecule has 0 heterocycles. The van der Waals surface area contributed by atoms with Gasteiger partial charge in [0.15, 0.2) is 0 Å². The second-order valence-corrected chi connectivity index (χ2v) is 5.69. The number of carbonyl (C=O) groups excluding carboxylic acids is 2. The van der Waals surface area contributed by atoms with Gasteiger partial charge in [0.05, 0.1) is 6.04 Å². The van der Waals surface area contributed by atoms with Crippen LogP contribution in [-0.2, 0) is 0 Å². The molecule has 0 bridgehead atoms. The highest BCUT2D eigenvalue weighted by molar-refractivity contribution is 5.97. The summed E-state index contributed by atoms with van der Waals surface area (Å²) in [6.45, 7) is 0.326. The SMILES string of the molecule is CN(C)[C@@H](CNC(=O)c1ccc(C(N)=O)cc1)c1cccc(F)c1. The van der Waals surface area contributed by atoms with E-state index in [-0.39, 0.29) is 17.8 Å². The van der Waals surface area contributed by atoms with Gasteiger partial charge in [0.25, 0.3) is 5.91 Å². The molecule has 1 atom stereocenters. The van der Waals surface area contributed by atoms with E-state index in [9.17, 15) is 14.0 Å². The number of nitrogens with two attached hydrogens (primary N) is 1. The highest BCUT2D eigenvalue weighted by Crippen LogP contribution is 2.18. The maximum Gasteiger partial charge on any atom is 0.251 e. The van der Waals surface area contributed by atoms with Crippen LogP contribution in [0.3, 0.4) is 0 Å². The molecule has 24 heavy (non-hydrogen) atoms. The first kappa shape index (κ1) is 17.6. The van der Waals surface area contributed by atoms with Gasteiger partial charge in [-0.15, -0.1) is 0 Å². The van der Waals surface area contributed by atoms with Crippen molar-refractivity contribution in [2.45, 2.75) is 6.04 Å². The molecule has 2 aromatic carbocycles. The Morgan fingerprint density at radius 3 is 2.29 bits per heavy atom. The molecule has 0 fully saturated rings. The molecule has 2 amide bonds. The molecule has 0 spiro atoms. The Kier molecular flexibility index (Phi) is 5.65. The molecule has 0 saturated carbocycles. The fourth-order valence-electron chi connectivity index (χ4n) is 2.39. The lowest BCUT2D eigenvalue weighted by molar-refractivity contribution is 0.0939. The Morgan fingerprint density at radius 1 is 1.12 bits per heavy atom. The summed E-state index contributed by atoms with van der Waals surface area (Å²) in [6.07, 6.45) is 0. The van der Waals surface area contributed by atoms with Crippen molar-refractivity contribution >= 4 is 11.8 Å².